The average Bonchev–Trinajstić information content (AvgIpc) is 1.87. The molecule has 0 radical (unpaired) electrons. The fourth-order valence-corrected chi connectivity index (χ4v) is 0.508. The van der Waals surface area contributed by atoms with Crippen LogP contribution in [0.2, 0.25) is 0 Å². The van der Waals surface area contributed by atoms with Crippen molar-refractivity contribution < 1.29 is 29.9 Å². The van der Waals surface area contributed by atoms with Crippen molar-refractivity contribution in [1.29, 1.82) is 0 Å². The zero-order chi connectivity index (χ0) is 5.28. The van der Waals surface area contributed by atoms with Crippen LogP contribution in [0, 0.1) is 0 Å². The Balaban J connectivity index is 0. The fraction of sp³-hybridized carbons (Fsp3) is 0.500. The van der Waals surface area contributed by atoms with Gasteiger partial charge in [0, 0.05) is 12.8 Å². The monoisotopic (exact) mass is 107 g/mol. The summed E-state index contributed by atoms with van der Waals surface area (Å²) in [5, 5.41) is 2.14. The van der Waals surface area contributed by atoms with Gasteiger partial charge in [-0.2, -0.15) is 0 Å². The van der Waals surface area contributed by atoms with Crippen molar-refractivity contribution in [1.82, 2.24) is 5.32 Å². The van der Waals surface area contributed by atoms with Crippen molar-refractivity contribution >= 4 is 11.8 Å². The third-order valence-corrected chi connectivity index (χ3v) is 0.858. The van der Waals surface area contributed by atoms with E-state index in [0.717, 1.165) is 0 Å². The first-order valence-corrected chi connectivity index (χ1v) is 2.12. The normalized spacial score (nSPS) is 17.5. The summed E-state index contributed by atoms with van der Waals surface area (Å²) in [6.45, 7) is 0. The quantitative estimate of drug-likeness (QED) is 0.258. The molecule has 0 aliphatic carbocycles. The van der Waals surface area contributed by atoms with Crippen LogP contribution in [0.3, 0.4) is 0 Å². The van der Waals surface area contributed by atoms with Gasteiger partial charge < -0.3 is 1.43 Å². The number of imide groups is 1. The van der Waals surface area contributed by atoms with Gasteiger partial charge >= 0.3 is 18.9 Å². The predicted molar refractivity (Wildman–Crippen MR) is 23.5 cm³/mol. The van der Waals surface area contributed by atoms with Crippen LogP contribution in [0.4, 0.5) is 0 Å². The van der Waals surface area contributed by atoms with Crippen LogP contribution in [0.25, 0.3) is 0 Å². The molecule has 0 atom stereocenters. The van der Waals surface area contributed by atoms with Gasteiger partial charge in [-0.15, -0.1) is 0 Å². The molecule has 0 aromatic carbocycles. The maximum absolute atomic E-state index is 10.1. The van der Waals surface area contributed by atoms with Crippen molar-refractivity contribution in [3.05, 3.63) is 0 Å². The van der Waals surface area contributed by atoms with Crippen molar-refractivity contribution in [3.63, 3.8) is 0 Å². The molecule has 1 saturated heterocycles. The van der Waals surface area contributed by atoms with Gasteiger partial charge in [0.1, 0.15) is 0 Å². The van der Waals surface area contributed by atoms with E-state index in [2.05, 4.69) is 5.32 Å². The molecule has 0 unspecified atom stereocenters. The van der Waals surface area contributed by atoms with Crippen molar-refractivity contribution in [2.45, 2.75) is 12.8 Å². The Morgan fingerprint density at radius 1 is 1.25 bits per heavy atom. The van der Waals surface area contributed by atoms with Gasteiger partial charge in [-0.05, 0) is 0 Å². The molecule has 0 bridgehead atoms. The third kappa shape index (κ3) is 1.69. The molecule has 1 aliphatic rings. The number of amides is 2. The van der Waals surface area contributed by atoms with Gasteiger partial charge in [0.15, 0.2) is 0 Å². The molecule has 0 aromatic heterocycles. The molecular formula is C4H6LiNO2. The van der Waals surface area contributed by atoms with E-state index in [1.54, 1.807) is 0 Å². The summed E-state index contributed by atoms with van der Waals surface area (Å²) in [5.41, 5.74) is 0. The van der Waals surface area contributed by atoms with Crippen LogP contribution in [0.5, 0.6) is 0 Å². The first kappa shape index (κ1) is 7.74. The zero-order valence-corrected chi connectivity index (χ0v) is 4.73. The van der Waals surface area contributed by atoms with E-state index in [-0.39, 0.29) is 32.1 Å². The van der Waals surface area contributed by atoms with Crippen molar-refractivity contribution in [2.75, 3.05) is 0 Å². The number of carbonyl (C=O) groups is 2. The second-order valence-corrected chi connectivity index (χ2v) is 1.47. The fourth-order valence-electron chi connectivity index (χ4n) is 0.508. The van der Waals surface area contributed by atoms with Gasteiger partial charge in [0.25, 0.3) is 0 Å². The molecule has 1 heterocycles. The second kappa shape index (κ2) is 2.91. The predicted octanol–water partition coefficient (Wildman–Crippen LogP) is -3.46. The summed E-state index contributed by atoms with van der Waals surface area (Å²) in [4.78, 5) is 20.2. The second-order valence-electron chi connectivity index (χ2n) is 1.47. The average molecular weight is 107 g/mol. The smallest absolute Gasteiger partial charge is 1.00 e. The topological polar surface area (TPSA) is 46.2 Å². The maximum Gasteiger partial charge on any atom is 1.00 e. The molecule has 1 N–H and O–H groups in total. The largest absolute Gasteiger partial charge is 1.00 e. The van der Waals surface area contributed by atoms with Gasteiger partial charge in [-0.3, -0.25) is 14.9 Å². The van der Waals surface area contributed by atoms with E-state index in [1.165, 1.54) is 0 Å². The van der Waals surface area contributed by atoms with Crippen molar-refractivity contribution in [2.24, 2.45) is 0 Å². The van der Waals surface area contributed by atoms with Crippen LogP contribution in [0.1, 0.15) is 14.3 Å². The van der Waals surface area contributed by atoms with Crippen LogP contribution in [-0.4, -0.2) is 11.8 Å². The van der Waals surface area contributed by atoms with E-state index in [0.29, 0.717) is 12.8 Å². The standard InChI is InChI=1S/C4H5NO2.Li.H/c6-3-1-2-4(7)5-3;;/h1-2H2,(H,5,6,7);;/q;+1;-1. The molecular weight excluding hydrogens is 101 g/mol. The minimum Gasteiger partial charge on any atom is -1.00 e. The Morgan fingerprint density at radius 2 is 1.62 bits per heavy atom. The molecule has 1 aliphatic heterocycles. The summed E-state index contributed by atoms with van der Waals surface area (Å²) in [5.74, 6) is -0.296. The van der Waals surface area contributed by atoms with E-state index >= 15 is 0 Å². The van der Waals surface area contributed by atoms with Crippen LogP contribution >= 0.6 is 0 Å². The molecule has 3 nitrogen and oxygen atoms in total. The van der Waals surface area contributed by atoms with Crippen LogP contribution < -0.4 is 24.2 Å². The summed E-state index contributed by atoms with van der Waals surface area (Å²) in [6.07, 6.45) is 0.748. The molecule has 8 heavy (non-hydrogen) atoms. The molecule has 2 amide bonds. The first-order valence-electron chi connectivity index (χ1n) is 2.12. The van der Waals surface area contributed by atoms with Gasteiger partial charge in [0.2, 0.25) is 11.8 Å². The molecule has 1 fully saturated rings. The SMILES string of the molecule is O=C1CCC(=O)N1.[H-].[Li+]. The zero-order valence-electron chi connectivity index (χ0n) is 5.73. The molecule has 0 spiro atoms. The number of carbonyl (C=O) groups excluding carboxylic acids is 2. The Bertz CT molecular complexity index is 114. The minimum atomic E-state index is -0.148. The summed E-state index contributed by atoms with van der Waals surface area (Å²) in [7, 11) is 0. The van der Waals surface area contributed by atoms with E-state index in [9.17, 15) is 9.59 Å². The van der Waals surface area contributed by atoms with Gasteiger partial charge in [-0.1, -0.05) is 0 Å². The summed E-state index contributed by atoms with van der Waals surface area (Å²) in [6, 6.07) is 0. The van der Waals surface area contributed by atoms with Gasteiger partial charge in [-0.25, -0.2) is 0 Å². The Morgan fingerprint density at radius 3 is 1.75 bits per heavy atom. The van der Waals surface area contributed by atoms with Gasteiger partial charge in [0.05, 0.1) is 0 Å². The third-order valence-electron chi connectivity index (χ3n) is 0.858. The number of nitrogens with one attached hydrogen (secondary N) is 1. The number of rotatable bonds is 0. The van der Waals surface area contributed by atoms with E-state index in [4.69, 9.17) is 0 Å². The Hall–Kier alpha value is -0.263. The Labute approximate surface area is 60.5 Å². The first-order chi connectivity index (χ1) is 3.29. The number of hydrogen-bond donors (Lipinski definition) is 1. The summed E-state index contributed by atoms with van der Waals surface area (Å²) >= 11 is 0. The molecule has 0 aromatic rings. The van der Waals surface area contributed by atoms with E-state index < -0.39 is 0 Å². The summed E-state index contributed by atoms with van der Waals surface area (Å²) < 4.78 is 0. The number of hydrogen-bond acceptors (Lipinski definition) is 2. The maximum atomic E-state index is 10.1. The molecule has 40 valence electrons. The van der Waals surface area contributed by atoms with Crippen molar-refractivity contribution in [3.8, 4) is 0 Å². The van der Waals surface area contributed by atoms with Crippen LogP contribution in [-0.2, 0) is 9.59 Å². The minimum absolute atomic E-state index is 0. The molecule has 1 rings (SSSR count). The molecule has 4 heteroatoms. The van der Waals surface area contributed by atoms with E-state index in [1.807, 2.05) is 0 Å². The molecule has 0 saturated carbocycles. The Kier molecular flexibility index (Phi) is 2.81. The van der Waals surface area contributed by atoms with Crippen LogP contribution in [0.15, 0.2) is 0 Å².